The Bertz CT molecular complexity index is 462. The highest BCUT2D eigenvalue weighted by molar-refractivity contribution is 5.94. The highest BCUT2D eigenvalue weighted by atomic mass is 19.1. The van der Waals surface area contributed by atoms with Gasteiger partial charge in [0.1, 0.15) is 5.82 Å². The summed E-state index contributed by atoms with van der Waals surface area (Å²) in [5.74, 6) is -0.0494. The van der Waals surface area contributed by atoms with Crippen LogP contribution in [0.15, 0.2) is 24.3 Å². The summed E-state index contributed by atoms with van der Waals surface area (Å²) < 4.78 is 13.7. The molecule has 1 heterocycles. The van der Waals surface area contributed by atoms with E-state index in [1.165, 1.54) is 6.07 Å². The van der Waals surface area contributed by atoms with Crippen molar-refractivity contribution in [2.24, 2.45) is 5.92 Å². The van der Waals surface area contributed by atoms with Crippen LogP contribution in [0.2, 0.25) is 0 Å². The van der Waals surface area contributed by atoms with E-state index < -0.39 is 5.82 Å². The second kappa shape index (κ2) is 6.84. The summed E-state index contributed by atoms with van der Waals surface area (Å²) in [4.78, 5) is 14.2. The van der Waals surface area contributed by atoms with E-state index in [1.807, 2.05) is 0 Å². The SMILES string of the molecule is CC(C)CC1CN(C(=O)c2ccccc2F)CCCN1. The molecule has 2 rings (SSSR count). The first-order chi connectivity index (χ1) is 9.58. The van der Waals surface area contributed by atoms with Crippen LogP contribution in [0.1, 0.15) is 37.0 Å². The van der Waals surface area contributed by atoms with Crippen LogP contribution in [0.3, 0.4) is 0 Å². The Morgan fingerprint density at radius 2 is 2.20 bits per heavy atom. The van der Waals surface area contributed by atoms with Crippen molar-refractivity contribution in [3.05, 3.63) is 35.6 Å². The molecule has 1 amide bonds. The minimum atomic E-state index is -0.435. The van der Waals surface area contributed by atoms with Gasteiger partial charge in [-0.2, -0.15) is 0 Å². The topological polar surface area (TPSA) is 32.3 Å². The zero-order valence-corrected chi connectivity index (χ0v) is 12.2. The van der Waals surface area contributed by atoms with Gasteiger partial charge in [0, 0.05) is 19.1 Å². The number of benzene rings is 1. The molecule has 20 heavy (non-hydrogen) atoms. The molecule has 0 radical (unpaired) electrons. The molecule has 4 heteroatoms. The summed E-state index contributed by atoms with van der Waals surface area (Å²) in [7, 11) is 0. The van der Waals surface area contributed by atoms with E-state index in [2.05, 4.69) is 19.2 Å². The summed E-state index contributed by atoms with van der Waals surface area (Å²) in [6.45, 7) is 6.61. The fraction of sp³-hybridized carbons (Fsp3) is 0.562. The maximum Gasteiger partial charge on any atom is 0.256 e. The lowest BCUT2D eigenvalue weighted by molar-refractivity contribution is 0.0744. The molecule has 110 valence electrons. The second-order valence-corrected chi connectivity index (χ2v) is 5.87. The summed E-state index contributed by atoms with van der Waals surface area (Å²) in [5, 5.41) is 3.48. The molecule has 1 aliphatic heterocycles. The smallest absolute Gasteiger partial charge is 0.256 e. The highest BCUT2D eigenvalue weighted by Gasteiger charge is 2.24. The van der Waals surface area contributed by atoms with Crippen molar-refractivity contribution in [2.45, 2.75) is 32.7 Å². The van der Waals surface area contributed by atoms with Gasteiger partial charge < -0.3 is 10.2 Å². The van der Waals surface area contributed by atoms with Crippen LogP contribution < -0.4 is 5.32 Å². The van der Waals surface area contributed by atoms with Gasteiger partial charge in [0.15, 0.2) is 0 Å². The van der Waals surface area contributed by atoms with Crippen molar-refractivity contribution in [2.75, 3.05) is 19.6 Å². The third-order valence-corrected chi connectivity index (χ3v) is 3.63. The Morgan fingerprint density at radius 1 is 1.45 bits per heavy atom. The molecule has 3 nitrogen and oxygen atoms in total. The number of hydrogen-bond donors (Lipinski definition) is 1. The second-order valence-electron chi connectivity index (χ2n) is 5.87. The van der Waals surface area contributed by atoms with Crippen molar-refractivity contribution >= 4 is 5.91 Å². The average molecular weight is 278 g/mol. The molecule has 1 saturated heterocycles. The quantitative estimate of drug-likeness (QED) is 0.922. The Morgan fingerprint density at radius 3 is 2.90 bits per heavy atom. The van der Waals surface area contributed by atoms with Crippen molar-refractivity contribution in [1.82, 2.24) is 10.2 Å². The van der Waals surface area contributed by atoms with E-state index >= 15 is 0 Å². The number of nitrogens with one attached hydrogen (secondary N) is 1. The van der Waals surface area contributed by atoms with Crippen LogP contribution in [0.5, 0.6) is 0 Å². The number of hydrogen-bond acceptors (Lipinski definition) is 2. The molecule has 1 aromatic carbocycles. The van der Waals surface area contributed by atoms with Gasteiger partial charge in [0.05, 0.1) is 5.56 Å². The van der Waals surface area contributed by atoms with E-state index in [0.29, 0.717) is 25.0 Å². The summed E-state index contributed by atoms with van der Waals surface area (Å²) >= 11 is 0. The number of nitrogens with zero attached hydrogens (tertiary/aromatic N) is 1. The Kier molecular flexibility index (Phi) is 5.12. The van der Waals surface area contributed by atoms with E-state index in [1.54, 1.807) is 23.1 Å². The molecule has 1 fully saturated rings. The first-order valence-electron chi connectivity index (χ1n) is 7.35. The molecule has 1 N–H and O–H groups in total. The van der Waals surface area contributed by atoms with Crippen molar-refractivity contribution in [3.8, 4) is 0 Å². The molecule has 1 unspecified atom stereocenters. The molecule has 1 aromatic rings. The molecule has 0 spiro atoms. The van der Waals surface area contributed by atoms with Gasteiger partial charge in [-0.25, -0.2) is 4.39 Å². The zero-order chi connectivity index (χ0) is 14.5. The predicted molar refractivity (Wildman–Crippen MR) is 78.2 cm³/mol. The third kappa shape index (κ3) is 3.79. The average Bonchev–Trinajstić information content (AvgIpc) is 2.63. The van der Waals surface area contributed by atoms with Crippen LogP contribution in [0.4, 0.5) is 4.39 Å². The molecular formula is C16H23FN2O. The lowest BCUT2D eigenvalue weighted by atomic mass is 10.0. The minimum absolute atomic E-state index is 0.178. The van der Waals surface area contributed by atoms with E-state index in [0.717, 1.165) is 19.4 Å². The van der Waals surface area contributed by atoms with Gasteiger partial charge in [0.25, 0.3) is 5.91 Å². The first-order valence-corrected chi connectivity index (χ1v) is 7.35. The number of carbonyl (C=O) groups excluding carboxylic acids is 1. The fourth-order valence-electron chi connectivity index (χ4n) is 2.71. The lowest BCUT2D eigenvalue weighted by Gasteiger charge is -2.25. The van der Waals surface area contributed by atoms with Crippen LogP contribution >= 0.6 is 0 Å². The highest BCUT2D eigenvalue weighted by Crippen LogP contribution is 2.14. The van der Waals surface area contributed by atoms with Gasteiger partial charge in [-0.1, -0.05) is 26.0 Å². The van der Waals surface area contributed by atoms with Gasteiger partial charge in [-0.05, 0) is 37.4 Å². The molecule has 1 atom stereocenters. The predicted octanol–water partition coefficient (Wildman–Crippen LogP) is 2.68. The maximum atomic E-state index is 13.7. The Balaban J connectivity index is 2.10. The standard InChI is InChI=1S/C16H23FN2O/c1-12(2)10-13-11-19(9-5-8-18-13)16(20)14-6-3-4-7-15(14)17/h3-4,6-7,12-13,18H,5,8-11H2,1-2H3. The third-order valence-electron chi connectivity index (χ3n) is 3.63. The van der Waals surface area contributed by atoms with Crippen LogP contribution in [0.25, 0.3) is 0 Å². The van der Waals surface area contributed by atoms with Gasteiger partial charge in [-0.15, -0.1) is 0 Å². The van der Waals surface area contributed by atoms with Gasteiger partial charge >= 0.3 is 0 Å². The minimum Gasteiger partial charge on any atom is -0.337 e. The van der Waals surface area contributed by atoms with Crippen LogP contribution in [0, 0.1) is 11.7 Å². The number of amides is 1. The molecule has 0 saturated carbocycles. The van der Waals surface area contributed by atoms with E-state index in [-0.39, 0.29) is 11.5 Å². The number of halogens is 1. The largest absolute Gasteiger partial charge is 0.337 e. The van der Waals surface area contributed by atoms with Crippen molar-refractivity contribution in [3.63, 3.8) is 0 Å². The Labute approximate surface area is 120 Å². The molecule has 0 bridgehead atoms. The lowest BCUT2D eigenvalue weighted by Crippen LogP contribution is -2.41. The molecular weight excluding hydrogens is 255 g/mol. The summed E-state index contributed by atoms with van der Waals surface area (Å²) in [6.07, 6.45) is 1.94. The molecule has 1 aliphatic rings. The summed E-state index contributed by atoms with van der Waals surface area (Å²) in [5.41, 5.74) is 0.178. The number of rotatable bonds is 3. The molecule has 0 aromatic heterocycles. The monoisotopic (exact) mass is 278 g/mol. The molecule has 0 aliphatic carbocycles. The first kappa shape index (κ1) is 15.0. The van der Waals surface area contributed by atoms with Crippen molar-refractivity contribution < 1.29 is 9.18 Å². The van der Waals surface area contributed by atoms with E-state index in [4.69, 9.17) is 0 Å². The zero-order valence-electron chi connectivity index (χ0n) is 12.2. The maximum absolute atomic E-state index is 13.7. The van der Waals surface area contributed by atoms with Gasteiger partial charge in [0.2, 0.25) is 0 Å². The summed E-state index contributed by atoms with van der Waals surface area (Å²) in [6, 6.07) is 6.52. The number of carbonyl (C=O) groups is 1. The van der Waals surface area contributed by atoms with Crippen LogP contribution in [-0.2, 0) is 0 Å². The van der Waals surface area contributed by atoms with Crippen LogP contribution in [-0.4, -0.2) is 36.5 Å². The van der Waals surface area contributed by atoms with Crippen molar-refractivity contribution in [1.29, 1.82) is 0 Å². The Hall–Kier alpha value is -1.42. The fourth-order valence-corrected chi connectivity index (χ4v) is 2.71. The van der Waals surface area contributed by atoms with E-state index in [9.17, 15) is 9.18 Å². The van der Waals surface area contributed by atoms with Gasteiger partial charge in [-0.3, -0.25) is 4.79 Å². The normalized spacial score (nSPS) is 20.0.